The van der Waals surface area contributed by atoms with Gasteiger partial charge in [0.15, 0.2) is 5.76 Å². The van der Waals surface area contributed by atoms with Gasteiger partial charge in [0.05, 0.1) is 22.8 Å². The van der Waals surface area contributed by atoms with Crippen LogP contribution in [0.1, 0.15) is 45.6 Å². The largest absolute Gasteiger partial charge is 0.359 e. The van der Waals surface area contributed by atoms with E-state index in [4.69, 9.17) is 4.52 Å². The SMILES string of the molecule is Cc1nc2cc(C(=O)NCc3cc(C4CCNCC4)no3)cnc2s1. The topological polar surface area (TPSA) is 92.9 Å². The number of nitrogens with zero attached hydrogens (tertiary/aromatic N) is 3. The van der Waals surface area contributed by atoms with Gasteiger partial charge in [-0.3, -0.25) is 4.79 Å². The van der Waals surface area contributed by atoms with Gasteiger partial charge in [0.1, 0.15) is 10.3 Å². The van der Waals surface area contributed by atoms with E-state index in [0.29, 0.717) is 23.8 Å². The van der Waals surface area contributed by atoms with Crippen LogP contribution >= 0.6 is 11.3 Å². The number of rotatable bonds is 4. The molecule has 25 heavy (non-hydrogen) atoms. The Balaban J connectivity index is 1.40. The molecular formula is C17H19N5O2S. The highest BCUT2D eigenvalue weighted by atomic mass is 32.1. The molecule has 1 aliphatic heterocycles. The van der Waals surface area contributed by atoms with Crippen LogP contribution in [-0.2, 0) is 6.54 Å². The Kier molecular flexibility index (Phi) is 4.46. The first-order valence-corrected chi connectivity index (χ1v) is 9.18. The van der Waals surface area contributed by atoms with Crippen LogP contribution in [0.4, 0.5) is 0 Å². The van der Waals surface area contributed by atoms with E-state index in [1.165, 1.54) is 11.3 Å². The fraction of sp³-hybridized carbons (Fsp3) is 0.412. The number of hydrogen-bond donors (Lipinski definition) is 2. The zero-order chi connectivity index (χ0) is 17.2. The molecule has 1 saturated heterocycles. The fourth-order valence-corrected chi connectivity index (χ4v) is 3.79. The summed E-state index contributed by atoms with van der Waals surface area (Å²) in [6, 6.07) is 3.71. The number of carbonyl (C=O) groups is 1. The van der Waals surface area contributed by atoms with Crippen molar-refractivity contribution in [1.29, 1.82) is 0 Å². The van der Waals surface area contributed by atoms with Crippen LogP contribution in [0.15, 0.2) is 22.9 Å². The number of thiazole rings is 1. The number of pyridine rings is 1. The van der Waals surface area contributed by atoms with Gasteiger partial charge >= 0.3 is 0 Å². The van der Waals surface area contributed by atoms with Crippen molar-refractivity contribution in [2.45, 2.75) is 32.2 Å². The molecular weight excluding hydrogens is 338 g/mol. The minimum Gasteiger partial charge on any atom is -0.359 e. The van der Waals surface area contributed by atoms with E-state index in [9.17, 15) is 4.79 Å². The molecule has 4 heterocycles. The van der Waals surface area contributed by atoms with Gasteiger partial charge in [0.25, 0.3) is 5.91 Å². The van der Waals surface area contributed by atoms with Gasteiger partial charge in [0, 0.05) is 18.2 Å². The second-order valence-electron chi connectivity index (χ2n) is 6.21. The summed E-state index contributed by atoms with van der Waals surface area (Å²) in [6.07, 6.45) is 3.71. The molecule has 0 saturated carbocycles. The summed E-state index contributed by atoms with van der Waals surface area (Å²) in [6.45, 7) is 4.26. The van der Waals surface area contributed by atoms with E-state index in [-0.39, 0.29) is 5.91 Å². The summed E-state index contributed by atoms with van der Waals surface area (Å²) < 4.78 is 5.37. The van der Waals surface area contributed by atoms with Crippen LogP contribution in [0.2, 0.25) is 0 Å². The highest BCUT2D eigenvalue weighted by Gasteiger charge is 2.19. The normalized spacial score (nSPS) is 15.6. The van der Waals surface area contributed by atoms with Crippen molar-refractivity contribution < 1.29 is 9.32 Å². The van der Waals surface area contributed by atoms with Crippen molar-refractivity contribution in [2.75, 3.05) is 13.1 Å². The zero-order valence-corrected chi connectivity index (χ0v) is 14.7. The fourth-order valence-electron chi connectivity index (χ4n) is 3.05. The van der Waals surface area contributed by atoms with Crippen molar-refractivity contribution >= 4 is 27.6 Å². The molecule has 0 atom stereocenters. The van der Waals surface area contributed by atoms with Crippen LogP contribution < -0.4 is 10.6 Å². The Hall–Kier alpha value is -2.32. The van der Waals surface area contributed by atoms with Gasteiger partial charge in [-0.1, -0.05) is 16.5 Å². The van der Waals surface area contributed by atoms with Crippen LogP contribution in [-0.4, -0.2) is 34.1 Å². The van der Waals surface area contributed by atoms with Crippen LogP contribution in [0, 0.1) is 6.92 Å². The Labute approximate surface area is 148 Å². The number of carbonyl (C=O) groups excluding carboxylic acids is 1. The van der Waals surface area contributed by atoms with E-state index in [1.54, 1.807) is 12.3 Å². The first-order chi connectivity index (χ1) is 12.2. The molecule has 0 aliphatic carbocycles. The third kappa shape index (κ3) is 3.54. The maximum Gasteiger partial charge on any atom is 0.253 e. The van der Waals surface area contributed by atoms with Crippen molar-refractivity contribution in [2.24, 2.45) is 0 Å². The third-order valence-electron chi connectivity index (χ3n) is 4.37. The summed E-state index contributed by atoms with van der Waals surface area (Å²) in [5.41, 5.74) is 2.23. The monoisotopic (exact) mass is 357 g/mol. The predicted molar refractivity (Wildman–Crippen MR) is 94.7 cm³/mol. The Bertz CT molecular complexity index is 897. The molecule has 3 aromatic rings. The van der Waals surface area contributed by atoms with Gasteiger partial charge in [-0.2, -0.15) is 0 Å². The molecule has 1 amide bonds. The number of aryl methyl sites for hydroxylation is 1. The number of aromatic nitrogens is 3. The first kappa shape index (κ1) is 16.2. The predicted octanol–water partition coefficient (Wildman–Crippen LogP) is 2.38. The lowest BCUT2D eigenvalue weighted by molar-refractivity contribution is 0.0947. The highest BCUT2D eigenvalue weighted by molar-refractivity contribution is 7.18. The highest BCUT2D eigenvalue weighted by Crippen LogP contribution is 2.24. The summed E-state index contributed by atoms with van der Waals surface area (Å²) in [5.74, 6) is 0.911. The van der Waals surface area contributed by atoms with Gasteiger partial charge in [-0.15, -0.1) is 0 Å². The molecule has 1 fully saturated rings. The first-order valence-electron chi connectivity index (χ1n) is 8.36. The maximum atomic E-state index is 12.3. The summed E-state index contributed by atoms with van der Waals surface area (Å²) in [4.78, 5) is 21.8. The Morgan fingerprint density at radius 2 is 2.24 bits per heavy atom. The molecule has 4 rings (SSSR count). The maximum absolute atomic E-state index is 12.3. The summed E-state index contributed by atoms with van der Waals surface area (Å²) >= 11 is 1.52. The van der Waals surface area contributed by atoms with Crippen LogP contribution in [0.3, 0.4) is 0 Å². The average molecular weight is 357 g/mol. The molecule has 2 N–H and O–H groups in total. The molecule has 8 heteroatoms. The second kappa shape index (κ2) is 6.89. The molecule has 0 bridgehead atoms. The van der Waals surface area contributed by atoms with Crippen molar-refractivity contribution in [3.8, 4) is 0 Å². The molecule has 7 nitrogen and oxygen atoms in total. The minimum atomic E-state index is -0.195. The Morgan fingerprint density at radius 3 is 3.08 bits per heavy atom. The number of amides is 1. The molecule has 0 aromatic carbocycles. The third-order valence-corrected chi connectivity index (χ3v) is 5.27. The van der Waals surface area contributed by atoms with E-state index >= 15 is 0 Å². The lowest BCUT2D eigenvalue weighted by atomic mass is 9.95. The summed E-state index contributed by atoms with van der Waals surface area (Å²) in [5, 5.41) is 11.3. The molecule has 0 radical (unpaired) electrons. The molecule has 0 unspecified atom stereocenters. The number of piperidine rings is 1. The molecule has 130 valence electrons. The van der Waals surface area contributed by atoms with Gasteiger partial charge in [0.2, 0.25) is 0 Å². The number of nitrogens with one attached hydrogen (secondary N) is 2. The van der Waals surface area contributed by atoms with Crippen molar-refractivity contribution in [3.63, 3.8) is 0 Å². The Morgan fingerprint density at radius 1 is 1.40 bits per heavy atom. The molecule has 3 aromatic heterocycles. The standard InChI is InChI=1S/C17H19N5O2S/c1-10-21-15-6-12(8-20-17(15)25-10)16(23)19-9-13-7-14(22-24-13)11-2-4-18-5-3-11/h6-8,11,18H,2-5,9H2,1H3,(H,19,23). The summed E-state index contributed by atoms with van der Waals surface area (Å²) in [7, 11) is 0. The minimum absolute atomic E-state index is 0.195. The van der Waals surface area contributed by atoms with E-state index in [2.05, 4.69) is 25.8 Å². The van der Waals surface area contributed by atoms with Crippen LogP contribution in [0.5, 0.6) is 0 Å². The van der Waals surface area contributed by atoms with Crippen LogP contribution in [0.25, 0.3) is 10.3 Å². The molecule has 1 aliphatic rings. The smallest absolute Gasteiger partial charge is 0.253 e. The van der Waals surface area contributed by atoms with Gasteiger partial charge in [-0.25, -0.2) is 9.97 Å². The lowest BCUT2D eigenvalue weighted by Crippen LogP contribution is -2.26. The van der Waals surface area contributed by atoms with E-state index < -0.39 is 0 Å². The number of fused-ring (bicyclic) bond motifs is 1. The number of hydrogen-bond acceptors (Lipinski definition) is 7. The van der Waals surface area contributed by atoms with Gasteiger partial charge < -0.3 is 15.2 Å². The molecule has 0 spiro atoms. The van der Waals surface area contributed by atoms with Gasteiger partial charge in [-0.05, 0) is 38.9 Å². The van der Waals surface area contributed by atoms with Crippen molar-refractivity contribution in [1.82, 2.24) is 25.8 Å². The van der Waals surface area contributed by atoms with E-state index in [0.717, 1.165) is 47.0 Å². The van der Waals surface area contributed by atoms with Crippen molar-refractivity contribution in [3.05, 3.63) is 40.4 Å². The quantitative estimate of drug-likeness (QED) is 0.745. The lowest BCUT2D eigenvalue weighted by Gasteiger charge is -2.19. The average Bonchev–Trinajstić information content (AvgIpc) is 3.25. The van der Waals surface area contributed by atoms with E-state index in [1.807, 2.05) is 13.0 Å². The zero-order valence-electron chi connectivity index (χ0n) is 13.9. The second-order valence-corrected chi connectivity index (χ2v) is 7.39.